The molecule has 0 radical (unpaired) electrons. The van der Waals surface area contributed by atoms with Crippen LogP contribution in [-0.4, -0.2) is 38.3 Å². The molecule has 0 fully saturated rings. The van der Waals surface area contributed by atoms with E-state index in [0.717, 1.165) is 30.5 Å². The number of methoxy groups -OCH3 is 1. The summed E-state index contributed by atoms with van der Waals surface area (Å²) in [6.07, 6.45) is 1.99. The van der Waals surface area contributed by atoms with Gasteiger partial charge in [0.2, 0.25) is 0 Å². The standard InChI is InChI=1S/C15H25BrN2O/c1-4-14(17)15(18(2)10-5-11-19-3)12-6-8-13(16)9-7-12/h6-9,14-15H,4-5,10-11,17H2,1-3H3. The van der Waals surface area contributed by atoms with Crippen LogP contribution in [0.1, 0.15) is 31.4 Å². The molecule has 1 aromatic rings. The Balaban J connectivity index is 2.79. The van der Waals surface area contributed by atoms with Crippen molar-refractivity contribution in [2.24, 2.45) is 5.73 Å². The minimum Gasteiger partial charge on any atom is -0.385 e. The Kier molecular flexibility index (Phi) is 7.61. The number of benzene rings is 1. The fraction of sp³-hybridized carbons (Fsp3) is 0.600. The van der Waals surface area contributed by atoms with Gasteiger partial charge in [0.05, 0.1) is 0 Å². The summed E-state index contributed by atoms with van der Waals surface area (Å²) < 4.78 is 6.22. The van der Waals surface area contributed by atoms with Gasteiger partial charge in [-0.25, -0.2) is 0 Å². The number of hydrogen-bond donors (Lipinski definition) is 1. The van der Waals surface area contributed by atoms with Gasteiger partial charge in [-0.2, -0.15) is 0 Å². The van der Waals surface area contributed by atoms with Crippen molar-refractivity contribution in [1.29, 1.82) is 0 Å². The zero-order chi connectivity index (χ0) is 14.3. The molecule has 0 bridgehead atoms. The summed E-state index contributed by atoms with van der Waals surface area (Å²) in [6, 6.07) is 8.86. The summed E-state index contributed by atoms with van der Waals surface area (Å²) >= 11 is 3.48. The highest BCUT2D eigenvalue weighted by molar-refractivity contribution is 9.10. The summed E-state index contributed by atoms with van der Waals surface area (Å²) in [6.45, 7) is 3.92. The Morgan fingerprint density at radius 1 is 1.32 bits per heavy atom. The molecule has 19 heavy (non-hydrogen) atoms. The maximum atomic E-state index is 6.31. The Hall–Kier alpha value is -0.420. The van der Waals surface area contributed by atoms with Crippen LogP contribution < -0.4 is 5.73 Å². The van der Waals surface area contributed by atoms with E-state index in [0.29, 0.717) is 0 Å². The molecule has 2 N–H and O–H groups in total. The molecule has 0 aliphatic carbocycles. The van der Waals surface area contributed by atoms with Gasteiger partial charge >= 0.3 is 0 Å². The van der Waals surface area contributed by atoms with E-state index in [1.165, 1.54) is 5.56 Å². The molecule has 0 spiro atoms. The largest absolute Gasteiger partial charge is 0.385 e. The van der Waals surface area contributed by atoms with Crippen molar-refractivity contribution in [2.75, 3.05) is 27.3 Å². The van der Waals surface area contributed by atoms with Gasteiger partial charge in [0.1, 0.15) is 0 Å². The second-order valence-electron chi connectivity index (χ2n) is 4.90. The molecule has 1 aromatic carbocycles. The lowest BCUT2D eigenvalue weighted by Gasteiger charge is -2.32. The molecule has 0 saturated carbocycles. The second-order valence-corrected chi connectivity index (χ2v) is 5.81. The third-order valence-electron chi connectivity index (χ3n) is 3.42. The molecule has 0 aliphatic rings. The lowest BCUT2D eigenvalue weighted by Crippen LogP contribution is -2.39. The SMILES string of the molecule is CCC(N)C(c1ccc(Br)cc1)N(C)CCCOC. The van der Waals surface area contributed by atoms with Crippen LogP contribution in [0.25, 0.3) is 0 Å². The number of hydrogen-bond acceptors (Lipinski definition) is 3. The first kappa shape index (κ1) is 16.6. The van der Waals surface area contributed by atoms with Crippen molar-refractivity contribution in [1.82, 2.24) is 4.90 Å². The van der Waals surface area contributed by atoms with Gasteiger partial charge in [0.15, 0.2) is 0 Å². The second kappa shape index (κ2) is 8.69. The van der Waals surface area contributed by atoms with Crippen molar-refractivity contribution in [3.8, 4) is 0 Å². The fourth-order valence-corrected chi connectivity index (χ4v) is 2.57. The minimum absolute atomic E-state index is 0.147. The first-order chi connectivity index (χ1) is 9.10. The highest BCUT2D eigenvalue weighted by atomic mass is 79.9. The van der Waals surface area contributed by atoms with Gasteiger partial charge in [-0.1, -0.05) is 35.0 Å². The Morgan fingerprint density at radius 3 is 2.47 bits per heavy atom. The molecule has 0 aliphatic heterocycles. The Labute approximate surface area is 125 Å². The van der Waals surface area contributed by atoms with Crippen LogP contribution in [0.5, 0.6) is 0 Å². The summed E-state index contributed by atoms with van der Waals surface area (Å²) in [5.74, 6) is 0. The van der Waals surface area contributed by atoms with Crippen LogP contribution in [-0.2, 0) is 4.74 Å². The number of nitrogens with zero attached hydrogens (tertiary/aromatic N) is 1. The van der Waals surface area contributed by atoms with Crippen LogP contribution >= 0.6 is 15.9 Å². The summed E-state index contributed by atoms with van der Waals surface area (Å²) in [5, 5.41) is 0. The van der Waals surface area contributed by atoms with Crippen molar-refractivity contribution < 1.29 is 4.74 Å². The zero-order valence-corrected chi connectivity index (χ0v) is 13.7. The summed E-state index contributed by atoms with van der Waals surface area (Å²) in [7, 11) is 3.88. The van der Waals surface area contributed by atoms with E-state index in [-0.39, 0.29) is 12.1 Å². The van der Waals surface area contributed by atoms with E-state index in [2.05, 4.69) is 59.1 Å². The molecule has 2 atom stereocenters. The van der Waals surface area contributed by atoms with Crippen LogP contribution in [0.2, 0.25) is 0 Å². The highest BCUT2D eigenvalue weighted by Crippen LogP contribution is 2.25. The zero-order valence-electron chi connectivity index (χ0n) is 12.1. The number of halogens is 1. The third-order valence-corrected chi connectivity index (χ3v) is 3.95. The van der Waals surface area contributed by atoms with E-state index >= 15 is 0 Å². The van der Waals surface area contributed by atoms with Crippen LogP contribution in [0.15, 0.2) is 28.7 Å². The molecule has 108 valence electrons. The number of likely N-dealkylation sites (N-methyl/N-ethyl adjacent to an activating group) is 1. The maximum Gasteiger partial charge on any atom is 0.0496 e. The third kappa shape index (κ3) is 5.22. The molecular formula is C15H25BrN2O. The van der Waals surface area contributed by atoms with Crippen molar-refractivity contribution >= 4 is 15.9 Å². The molecule has 4 heteroatoms. The average molecular weight is 329 g/mol. The summed E-state index contributed by atoms with van der Waals surface area (Å²) in [5.41, 5.74) is 7.58. The smallest absolute Gasteiger partial charge is 0.0496 e. The number of nitrogens with two attached hydrogens (primary N) is 1. The van der Waals surface area contributed by atoms with Gasteiger partial charge in [0.25, 0.3) is 0 Å². The van der Waals surface area contributed by atoms with Crippen molar-refractivity contribution in [2.45, 2.75) is 31.8 Å². The van der Waals surface area contributed by atoms with Gasteiger partial charge in [-0.3, -0.25) is 4.90 Å². The Bertz CT molecular complexity index is 356. The van der Waals surface area contributed by atoms with Gasteiger partial charge < -0.3 is 10.5 Å². The quantitative estimate of drug-likeness (QED) is 0.745. The predicted octanol–water partition coefficient (Wildman–Crippen LogP) is 3.20. The average Bonchev–Trinajstić information content (AvgIpc) is 2.41. The molecule has 2 unspecified atom stereocenters. The molecular weight excluding hydrogens is 304 g/mol. The first-order valence-electron chi connectivity index (χ1n) is 6.80. The molecule has 3 nitrogen and oxygen atoms in total. The molecule has 0 saturated heterocycles. The first-order valence-corrected chi connectivity index (χ1v) is 7.59. The van der Waals surface area contributed by atoms with E-state index in [4.69, 9.17) is 10.5 Å². The molecule has 0 aromatic heterocycles. The maximum absolute atomic E-state index is 6.31. The van der Waals surface area contributed by atoms with Gasteiger partial charge in [0, 0.05) is 36.8 Å². The van der Waals surface area contributed by atoms with Crippen LogP contribution in [0.3, 0.4) is 0 Å². The minimum atomic E-state index is 0.147. The number of ether oxygens (including phenoxy) is 1. The number of rotatable bonds is 8. The lowest BCUT2D eigenvalue weighted by molar-refractivity contribution is 0.155. The Morgan fingerprint density at radius 2 is 1.95 bits per heavy atom. The van der Waals surface area contributed by atoms with E-state index in [1.54, 1.807) is 7.11 Å². The normalized spacial score (nSPS) is 14.6. The molecule has 0 heterocycles. The monoisotopic (exact) mass is 328 g/mol. The fourth-order valence-electron chi connectivity index (χ4n) is 2.31. The van der Waals surface area contributed by atoms with E-state index in [9.17, 15) is 0 Å². The van der Waals surface area contributed by atoms with E-state index < -0.39 is 0 Å². The summed E-state index contributed by atoms with van der Waals surface area (Å²) in [4.78, 5) is 2.33. The van der Waals surface area contributed by atoms with Gasteiger partial charge in [-0.15, -0.1) is 0 Å². The molecule has 0 amide bonds. The predicted molar refractivity (Wildman–Crippen MR) is 84.3 cm³/mol. The van der Waals surface area contributed by atoms with E-state index in [1.807, 2.05) is 0 Å². The highest BCUT2D eigenvalue weighted by Gasteiger charge is 2.22. The topological polar surface area (TPSA) is 38.5 Å². The van der Waals surface area contributed by atoms with Crippen LogP contribution in [0.4, 0.5) is 0 Å². The molecule has 1 rings (SSSR count). The van der Waals surface area contributed by atoms with Crippen molar-refractivity contribution in [3.05, 3.63) is 34.3 Å². The van der Waals surface area contributed by atoms with Crippen molar-refractivity contribution in [3.63, 3.8) is 0 Å². The van der Waals surface area contributed by atoms with Crippen LogP contribution in [0, 0.1) is 0 Å². The van der Waals surface area contributed by atoms with Gasteiger partial charge in [-0.05, 0) is 37.6 Å². The lowest BCUT2D eigenvalue weighted by atomic mass is 9.96.